The van der Waals surface area contributed by atoms with Crippen molar-refractivity contribution in [1.82, 2.24) is 5.32 Å². The predicted octanol–water partition coefficient (Wildman–Crippen LogP) is 2.01. The molecule has 1 aromatic heterocycles. The third kappa shape index (κ3) is 4.11. The van der Waals surface area contributed by atoms with Crippen molar-refractivity contribution in [2.45, 2.75) is 39.3 Å². The van der Waals surface area contributed by atoms with Crippen molar-refractivity contribution >= 4 is 17.3 Å². The van der Waals surface area contributed by atoms with Gasteiger partial charge in [0.15, 0.2) is 0 Å². The second-order valence-electron chi connectivity index (χ2n) is 4.45. The molecule has 0 bridgehead atoms. The molecule has 0 amide bonds. The number of hydrogen-bond acceptors (Lipinski definition) is 4. The number of hydrogen-bond donors (Lipinski definition) is 3. The third-order valence-corrected chi connectivity index (χ3v) is 3.90. The average molecular weight is 257 g/mol. The summed E-state index contributed by atoms with van der Waals surface area (Å²) < 4.78 is 0. The molecule has 17 heavy (non-hydrogen) atoms. The summed E-state index contributed by atoms with van der Waals surface area (Å²) in [6.45, 7) is 6.71. The Labute approximate surface area is 105 Å². The fourth-order valence-electron chi connectivity index (χ4n) is 1.39. The van der Waals surface area contributed by atoms with Crippen molar-refractivity contribution in [1.29, 1.82) is 0 Å². The van der Waals surface area contributed by atoms with Crippen LogP contribution in [0.15, 0.2) is 6.07 Å². The Kier molecular flexibility index (Phi) is 4.68. The standard InChI is InChI=1S/C12H19NO3S/c1-4-12(3,16)7-13-6-9-5-10(11(14)15)17-8(9)2/h5,13,16H,4,6-7H2,1-3H3,(H,14,15). The van der Waals surface area contributed by atoms with Gasteiger partial charge in [0, 0.05) is 18.0 Å². The van der Waals surface area contributed by atoms with Crippen molar-refractivity contribution in [3.63, 3.8) is 0 Å². The first kappa shape index (κ1) is 14.2. The molecule has 0 fully saturated rings. The van der Waals surface area contributed by atoms with Gasteiger partial charge in [0.05, 0.1) is 5.60 Å². The number of rotatable bonds is 6. The Morgan fingerprint density at radius 1 is 1.59 bits per heavy atom. The number of aliphatic hydroxyl groups is 1. The van der Waals surface area contributed by atoms with Gasteiger partial charge in [-0.2, -0.15) is 0 Å². The van der Waals surface area contributed by atoms with Crippen LogP contribution in [0.4, 0.5) is 0 Å². The summed E-state index contributed by atoms with van der Waals surface area (Å²) in [4.78, 5) is 12.2. The first-order valence-corrected chi connectivity index (χ1v) is 6.43. The fourth-order valence-corrected chi connectivity index (χ4v) is 2.27. The first-order valence-electron chi connectivity index (χ1n) is 5.61. The lowest BCUT2D eigenvalue weighted by Gasteiger charge is -2.21. The SMILES string of the molecule is CCC(C)(O)CNCc1cc(C(=O)O)sc1C. The van der Waals surface area contributed by atoms with Gasteiger partial charge < -0.3 is 15.5 Å². The first-order chi connectivity index (χ1) is 7.85. The van der Waals surface area contributed by atoms with Gasteiger partial charge in [-0.1, -0.05) is 6.92 Å². The van der Waals surface area contributed by atoms with Crippen LogP contribution in [0.1, 0.15) is 40.4 Å². The van der Waals surface area contributed by atoms with Crippen LogP contribution in [0.5, 0.6) is 0 Å². The largest absolute Gasteiger partial charge is 0.477 e. The van der Waals surface area contributed by atoms with Crippen LogP contribution < -0.4 is 5.32 Å². The van der Waals surface area contributed by atoms with Gasteiger partial charge >= 0.3 is 5.97 Å². The van der Waals surface area contributed by atoms with E-state index < -0.39 is 11.6 Å². The average Bonchev–Trinajstić information content (AvgIpc) is 2.60. The second kappa shape index (κ2) is 5.62. The summed E-state index contributed by atoms with van der Waals surface area (Å²) in [5.74, 6) is -0.884. The zero-order valence-corrected chi connectivity index (χ0v) is 11.2. The monoisotopic (exact) mass is 257 g/mol. The van der Waals surface area contributed by atoms with Gasteiger partial charge in [-0.25, -0.2) is 4.79 Å². The number of carboxylic acids is 1. The molecule has 1 unspecified atom stereocenters. The number of thiophene rings is 1. The molecular formula is C12H19NO3S. The summed E-state index contributed by atoms with van der Waals surface area (Å²) in [7, 11) is 0. The number of aryl methyl sites for hydroxylation is 1. The van der Waals surface area contributed by atoms with Crippen LogP contribution in [0.2, 0.25) is 0 Å². The highest BCUT2D eigenvalue weighted by Gasteiger charge is 2.17. The molecule has 0 aliphatic carbocycles. The van der Waals surface area contributed by atoms with E-state index in [0.717, 1.165) is 10.4 Å². The summed E-state index contributed by atoms with van der Waals surface area (Å²) in [6, 6.07) is 1.69. The van der Waals surface area contributed by atoms with E-state index in [0.29, 0.717) is 24.4 Å². The molecule has 3 N–H and O–H groups in total. The lowest BCUT2D eigenvalue weighted by atomic mass is 10.0. The van der Waals surface area contributed by atoms with Gasteiger partial charge in [0.1, 0.15) is 4.88 Å². The van der Waals surface area contributed by atoms with Crippen molar-refractivity contribution in [2.24, 2.45) is 0 Å². The van der Waals surface area contributed by atoms with Gasteiger partial charge in [0.2, 0.25) is 0 Å². The van der Waals surface area contributed by atoms with Crippen LogP contribution in [-0.4, -0.2) is 28.3 Å². The summed E-state index contributed by atoms with van der Waals surface area (Å²) >= 11 is 1.28. The summed E-state index contributed by atoms with van der Waals surface area (Å²) in [5.41, 5.74) is 0.277. The van der Waals surface area contributed by atoms with Crippen molar-refractivity contribution in [2.75, 3.05) is 6.54 Å². The second-order valence-corrected chi connectivity index (χ2v) is 5.71. The lowest BCUT2D eigenvalue weighted by molar-refractivity contribution is 0.0555. The quantitative estimate of drug-likeness (QED) is 0.729. The van der Waals surface area contributed by atoms with Gasteiger partial charge in [-0.15, -0.1) is 11.3 Å². The number of aromatic carboxylic acids is 1. The maximum Gasteiger partial charge on any atom is 0.345 e. The van der Waals surface area contributed by atoms with E-state index in [2.05, 4.69) is 5.32 Å². The molecule has 1 rings (SSSR count). The Balaban J connectivity index is 2.55. The predicted molar refractivity (Wildman–Crippen MR) is 68.6 cm³/mol. The van der Waals surface area contributed by atoms with Gasteiger partial charge in [-0.3, -0.25) is 0 Å². The van der Waals surface area contributed by atoms with Crippen LogP contribution in [0, 0.1) is 6.92 Å². The van der Waals surface area contributed by atoms with E-state index in [9.17, 15) is 9.90 Å². The van der Waals surface area contributed by atoms with Crippen molar-refractivity contribution in [3.8, 4) is 0 Å². The molecule has 0 saturated carbocycles. The van der Waals surface area contributed by atoms with Crippen molar-refractivity contribution < 1.29 is 15.0 Å². The van der Waals surface area contributed by atoms with E-state index >= 15 is 0 Å². The molecule has 0 aliphatic rings. The lowest BCUT2D eigenvalue weighted by Crippen LogP contribution is -2.36. The number of carbonyl (C=O) groups is 1. The molecular weight excluding hydrogens is 238 g/mol. The van der Waals surface area contributed by atoms with Gasteiger partial charge in [-0.05, 0) is 31.9 Å². The minimum atomic E-state index is -0.884. The van der Waals surface area contributed by atoms with Crippen LogP contribution in [-0.2, 0) is 6.54 Å². The molecule has 1 aromatic rings. The van der Waals surface area contributed by atoms with Gasteiger partial charge in [0.25, 0.3) is 0 Å². The minimum absolute atomic E-state index is 0.363. The molecule has 0 radical (unpaired) electrons. The molecule has 0 spiro atoms. The van der Waals surface area contributed by atoms with E-state index in [-0.39, 0.29) is 0 Å². The van der Waals surface area contributed by atoms with E-state index in [1.807, 2.05) is 13.8 Å². The topological polar surface area (TPSA) is 69.6 Å². The Morgan fingerprint density at radius 2 is 2.24 bits per heavy atom. The Bertz CT molecular complexity index is 398. The molecule has 1 atom stereocenters. The molecule has 0 saturated heterocycles. The normalized spacial score (nSPS) is 14.6. The highest BCUT2D eigenvalue weighted by molar-refractivity contribution is 7.14. The molecule has 5 heteroatoms. The van der Waals surface area contributed by atoms with Crippen LogP contribution in [0.25, 0.3) is 0 Å². The van der Waals surface area contributed by atoms with E-state index in [1.54, 1.807) is 13.0 Å². The third-order valence-electron chi connectivity index (χ3n) is 2.81. The molecule has 0 aliphatic heterocycles. The Morgan fingerprint density at radius 3 is 2.71 bits per heavy atom. The van der Waals surface area contributed by atoms with E-state index in [4.69, 9.17) is 5.11 Å². The zero-order chi connectivity index (χ0) is 13.1. The molecule has 96 valence electrons. The Hall–Kier alpha value is -0.910. The van der Waals surface area contributed by atoms with E-state index in [1.165, 1.54) is 11.3 Å². The van der Waals surface area contributed by atoms with Crippen molar-refractivity contribution in [3.05, 3.63) is 21.4 Å². The van der Waals surface area contributed by atoms with Crippen LogP contribution in [0.3, 0.4) is 0 Å². The number of carboxylic acid groups (broad SMARTS) is 1. The minimum Gasteiger partial charge on any atom is -0.477 e. The highest BCUT2D eigenvalue weighted by Crippen LogP contribution is 2.21. The zero-order valence-electron chi connectivity index (χ0n) is 10.4. The molecule has 4 nitrogen and oxygen atoms in total. The molecule has 1 heterocycles. The maximum atomic E-state index is 10.8. The smallest absolute Gasteiger partial charge is 0.345 e. The fraction of sp³-hybridized carbons (Fsp3) is 0.583. The number of nitrogens with one attached hydrogen (secondary N) is 1. The van der Waals surface area contributed by atoms with Crippen LogP contribution >= 0.6 is 11.3 Å². The molecule has 0 aromatic carbocycles. The highest BCUT2D eigenvalue weighted by atomic mass is 32.1. The summed E-state index contributed by atoms with van der Waals surface area (Å²) in [5, 5.41) is 21.8. The summed E-state index contributed by atoms with van der Waals surface area (Å²) in [6.07, 6.45) is 0.684. The maximum absolute atomic E-state index is 10.8.